The molecule has 0 spiro atoms. The molecule has 0 radical (unpaired) electrons. The first-order valence-electron chi connectivity index (χ1n) is 4.31. The number of hydrogen-bond donors (Lipinski definition) is 2. The van der Waals surface area contributed by atoms with E-state index >= 15 is 0 Å². The third-order valence-corrected chi connectivity index (χ3v) is 2.95. The fourth-order valence-corrected chi connectivity index (χ4v) is 1.98. The Balaban J connectivity index is 3.11. The molecule has 1 aromatic carbocycles. The van der Waals surface area contributed by atoms with E-state index in [1.807, 2.05) is 25.3 Å². The smallest absolute Gasteiger partial charge is 0.123 e. The third kappa shape index (κ3) is 2.41. The van der Waals surface area contributed by atoms with E-state index in [0.717, 1.165) is 11.3 Å². The van der Waals surface area contributed by atoms with Crippen LogP contribution in [0.5, 0.6) is 5.75 Å². The van der Waals surface area contributed by atoms with Crippen LogP contribution in [0.25, 0.3) is 0 Å². The van der Waals surface area contributed by atoms with Crippen LogP contribution in [0.4, 0.5) is 0 Å². The normalized spacial score (nSPS) is 10.3. The molecule has 1 rings (SSSR count). The van der Waals surface area contributed by atoms with Gasteiger partial charge in [-0.05, 0) is 30.9 Å². The van der Waals surface area contributed by atoms with Gasteiger partial charge in [-0.1, -0.05) is 0 Å². The predicted octanol–water partition coefficient (Wildman–Crippen LogP) is 2.20. The Morgan fingerprint density at radius 3 is 2.71 bits per heavy atom. The minimum Gasteiger partial charge on any atom is -0.496 e. The van der Waals surface area contributed by atoms with Gasteiger partial charge in [-0.15, -0.1) is 11.8 Å². The van der Waals surface area contributed by atoms with Gasteiger partial charge in [0.05, 0.1) is 7.11 Å². The molecule has 78 valence electrons. The van der Waals surface area contributed by atoms with Crippen LogP contribution in [0, 0.1) is 6.92 Å². The largest absolute Gasteiger partial charge is 0.496 e. The van der Waals surface area contributed by atoms with Crippen LogP contribution in [0.15, 0.2) is 17.0 Å². The molecule has 0 heterocycles. The van der Waals surface area contributed by atoms with Crippen molar-refractivity contribution >= 4 is 11.8 Å². The Bertz CT molecular complexity index is 315. The summed E-state index contributed by atoms with van der Waals surface area (Å²) >= 11 is 1.69. The maximum Gasteiger partial charge on any atom is 0.123 e. The lowest BCUT2D eigenvalue weighted by molar-refractivity contribution is 0.160. The van der Waals surface area contributed by atoms with Crippen LogP contribution in [0.3, 0.4) is 0 Å². The van der Waals surface area contributed by atoms with E-state index in [1.165, 1.54) is 10.5 Å². The average molecular weight is 213 g/mol. The van der Waals surface area contributed by atoms with Gasteiger partial charge in [-0.3, -0.25) is 0 Å². The summed E-state index contributed by atoms with van der Waals surface area (Å²) in [7, 11) is 1.63. The van der Waals surface area contributed by atoms with Crippen molar-refractivity contribution in [3.63, 3.8) is 0 Å². The molecule has 0 aromatic heterocycles. The van der Waals surface area contributed by atoms with Crippen LogP contribution in [0.2, 0.25) is 0 Å². The lowest BCUT2D eigenvalue weighted by Gasteiger charge is -2.11. The van der Waals surface area contributed by atoms with Crippen LogP contribution >= 0.6 is 11.8 Å². The molecule has 0 amide bonds. The molecule has 2 N–H and O–H groups in total. The summed E-state index contributed by atoms with van der Waals surface area (Å²) in [4.78, 5) is 1.20. The first kappa shape index (κ1) is 11.4. The summed E-state index contributed by atoms with van der Waals surface area (Å²) in [6, 6.07) is 4.01. The highest BCUT2D eigenvalue weighted by Crippen LogP contribution is 2.28. The number of hydrogen-bond acceptors (Lipinski definition) is 4. The molecule has 0 aliphatic rings. The molecule has 0 saturated heterocycles. The van der Waals surface area contributed by atoms with Gasteiger partial charge in [0.2, 0.25) is 0 Å². The second kappa shape index (κ2) is 5.24. The minimum absolute atomic E-state index is 0.400. The Morgan fingerprint density at radius 1 is 1.50 bits per heavy atom. The summed E-state index contributed by atoms with van der Waals surface area (Å²) in [6.45, 7) is 2.45. The van der Waals surface area contributed by atoms with Crippen LogP contribution in [-0.4, -0.2) is 18.6 Å². The number of nitrogens with one attached hydrogen (secondary N) is 1. The highest BCUT2D eigenvalue weighted by molar-refractivity contribution is 7.98. The minimum atomic E-state index is 0.400. The monoisotopic (exact) mass is 213 g/mol. The Morgan fingerprint density at radius 2 is 2.21 bits per heavy atom. The number of rotatable bonds is 4. The van der Waals surface area contributed by atoms with Gasteiger partial charge in [-0.2, -0.15) is 0 Å². The maximum atomic E-state index is 8.66. The fourth-order valence-electron chi connectivity index (χ4n) is 1.34. The lowest BCUT2D eigenvalue weighted by atomic mass is 10.1. The van der Waals surface area contributed by atoms with Gasteiger partial charge in [-0.25, -0.2) is 5.48 Å². The van der Waals surface area contributed by atoms with Crippen molar-refractivity contribution in [3.8, 4) is 5.75 Å². The van der Waals surface area contributed by atoms with E-state index in [-0.39, 0.29) is 0 Å². The number of ether oxygens (including phenoxy) is 1. The van der Waals surface area contributed by atoms with Crippen molar-refractivity contribution in [2.24, 2.45) is 0 Å². The topological polar surface area (TPSA) is 41.5 Å². The van der Waals surface area contributed by atoms with Crippen LogP contribution < -0.4 is 10.2 Å². The number of benzene rings is 1. The molecule has 0 atom stereocenters. The number of hydroxylamine groups is 1. The molecule has 1 aromatic rings. The first-order chi connectivity index (χ1) is 6.72. The standard InChI is InChI=1S/C10H15NO2S/c1-7-4-9(13-2)8(6-11-12)5-10(7)14-3/h4-5,11-12H,6H2,1-3H3. The third-order valence-electron chi connectivity index (χ3n) is 2.07. The van der Waals surface area contributed by atoms with Gasteiger partial charge in [0, 0.05) is 17.0 Å². The molecule has 0 aliphatic carbocycles. The zero-order valence-corrected chi connectivity index (χ0v) is 9.44. The van der Waals surface area contributed by atoms with Crippen LogP contribution in [-0.2, 0) is 6.54 Å². The van der Waals surface area contributed by atoms with E-state index in [1.54, 1.807) is 18.9 Å². The first-order valence-corrected chi connectivity index (χ1v) is 5.53. The van der Waals surface area contributed by atoms with E-state index < -0.39 is 0 Å². The van der Waals surface area contributed by atoms with Crippen LogP contribution in [0.1, 0.15) is 11.1 Å². The molecular formula is C10H15NO2S. The van der Waals surface area contributed by atoms with Gasteiger partial charge >= 0.3 is 0 Å². The molecule has 0 unspecified atom stereocenters. The summed E-state index contributed by atoms with van der Waals surface area (Å²) in [5.41, 5.74) is 4.29. The highest BCUT2D eigenvalue weighted by Gasteiger charge is 2.06. The zero-order valence-electron chi connectivity index (χ0n) is 8.63. The summed E-state index contributed by atoms with van der Waals surface area (Å²) < 4.78 is 5.22. The number of methoxy groups -OCH3 is 1. The second-order valence-corrected chi connectivity index (χ2v) is 3.82. The molecule has 3 nitrogen and oxygen atoms in total. The van der Waals surface area contributed by atoms with Gasteiger partial charge in [0.25, 0.3) is 0 Å². The van der Waals surface area contributed by atoms with Gasteiger partial charge in [0.15, 0.2) is 0 Å². The summed E-state index contributed by atoms with van der Waals surface area (Å²) in [5, 5.41) is 8.66. The van der Waals surface area contributed by atoms with E-state index in [0.29, 0.717) is 6.54 Å². The predicted molar refractivity (Wildman–Crippen MR) is 58.1 cm³/mol. The molecule has 0 bridgehead atoms. The Hall–Kier alpha value is -0.710. The van der Waals surface area contributed by atoms with Gasteiger partial charge < -0.3 is 9.94 Å². The molecular weight excluding hydrogens is 198 g/mol. The quantitative estimate of drug-likeness (QED) is 0.594. The van der Waals surface area contributed by atoms with Crippen molar-refractivity contribution in [1.82, 2.24) is 5.48 Å². The Labute approximate surface area is 88.4 Å². The molecule has 14 heavy (non-hydrogen) atoms. The fraction of sp³-hybridized carbons (Fsp3) is 0.400. The number of aryl methyl sites for hydroxylation is 1. The van der Waals surface area contributed by atoms with E-state index in [4.69, 9.17) is 9.94 Å². The highest BCUT2D eigenvalue weighted by atomic mass is 32.2. The molecule has 4 heteroatoms. The summed E-state index contributed by atoms with van der Waals surface area (Å²) in [5.74, 6) is 0.807. The second-order valence-electron chi connectivity index (χ2n) is 2.97. The SMILES string of the molecule is COc1cc(C)c(SC)cc1CNO. The van der Waals surface area contributed by atoms with E-state index in [9.17, 15) is 0 Å². The van der Waals surface area contributed by atoms with Crippen molar-refractivity contribution in [3.05, 3.63) is 23.3 Å². The Kier molecular flexibility index (Phi) is 4.25. The average Bonchev–Trinajstić information content (AvgIpc) is 2.20. The van der Waals surface area contributed by atoms with Crippen molar-refractivity contribution in [2.75, 3.05) is 13.4 Å². The lowest BCUT2D eigenvalue weighted by Crippen LogP contribution is -2.08. The van der Waals surface area contributed by atoms with Crippen molar-refractivity contribution in [1.29, 1.82) is 0 Å². The van der Waals surface area contributed by atoms with Gasteiger partial charge in [0.1, 0.15) is 5.75 Å². The molecule has 0 aliphatic heterocycles. The number of thioether (sulfide) groups is 1. The molecule has 0 saturated carbocycles. The van der Waals surface area contributed by atoms with Crippen molar-refractivity contribution in [2.45, 2.75) is 18.4 Å². The maximum absolute atomic E-state index is 8.66. The summed E-state index contributed by atoms with van der Waals surface area (Å²) in [6.07, 6.45) is 2.03. The van der Waals surface area contributed by atoms with E-state index in [2.05, 4.69) is 5.48 Å². The zero-order chi connectivity index (χ0) is 10.6. The molecule has 0 fully saturated rings. The van der Waals surface area contributed by atoms with Crippen molar-refractivity contribution < 1.29 is 9.94 Å².